The van der Waals surface area contributed by atoms with Gasteiger partial charge in [0.1, 0.15) is 6.10 Å². The molecule has 0 bridgehead atoms. The van der Waals surface area contributed by atoms with Crippen molar-refractivity contribution in [1.29, 1.82) is 5.26 Å². The highest BCUT2D eigenvalue weighted by Crippen LogP contribution is 2.29. The van der Waals surface area contributed by atoms with Crippen molar-refractivity contribution in [3.63, 3.8) is 0 Å². The quantitative estimate of drug-likeness (QED) is 0.581. The monoisotopic (exact) mass is 360 g/mol. The topological polar surface area (TPSA) is 126 Å². The Morgan fingerprint density at radius 1 is 1.32 bits per heavy atom. The van der Waals surface area contributed by atoms with Crippen LogP contribution in [0.4, 0.5) is 5.69 Å². The number of ether oxygens (including phenoxy) is 1. The van der Waals surface area contributed by atoms with E-state index < -0.39 is 26.7 Å². The molecule has 1 aromatic heterocycles. The zero-order chi connectivity index (χ0) is 18.0. The summed E-state index contributed by atoms with van der Waals surface area (Å²) < 4.78 is 31.7. The van der Waals surface area contributed by atoms with Crippen molar-refractivity contribution in [3.05, 3.63) is 58.3 Å². The van der Waals surface area contributed by atoms with E-state index in [0.717, 1.165) is 10.4 Å². The molecule has 9 nitrogen and oxygen atoms in total. The van der Waals surface area contributed by atoms with Crippen LogP contribution in [0.5, 0.6) is 5.88 Å². The number of nitro benzene ring substituents is 1. The van der Waals surface area contributed by atoms with Crippen LogP contribution in [-0.4, -0.2) is 41.8 Å². The molecular weight excluding hydrogens is 348 g/mol. The van der Waals surface area contributed by atoms with Gasteiger partial charge in [-0.15, -0.1) is 0 Å². The molecule has 0 spiro atoms. The molecule has 25 heavy (non-hydrogen) atoms. The second-order valence-corrected chi connectivity index (χ2v) is 7.19. The van der Waals surface area contributed by atoms with E-state index in [1.807, 2.05) is 6.07 Å². The van der Waals surface area contributed by atoms with Gasteiger partial charge in [-0.2, -0.15) is 9.57 Å². The Balaban J connectivity index is 1.72. The highest BCUT2D eigenvalue weighted by Gasteiger charge is 2.41. The number of rotatable bonds is 5. The molecular formula is C15H12N4O5S. The van der Waals surface area contributed by atoms with Gasteiger partial charge in [0.2, 0.25) is 15.9 Å². The van der Waals surface area contributed by atoms with Gasteiger partial charge in [0.05, 0.1) is 29.6 Å². The van der Waals surface area contributed by atoms with Crippen LogP contribution in [0.3, 0.4) is 0 Å². The Labute approximate surface area is 143 Å². The maximum Gasteiger partial charge on any atom is 0.289 e. The molecule has 0 radical (unpaired) electrons. The summed E-state index contributed by atoms with van der Waals surface area (Å²) in [6, 6.07) is 10.1. The lowest BCUT2D eigenvalue weighted by Gasteiger charge is -2.37. The van der Waals surface area contributed by atoms with Crippen LogP contribution in [0.15, 0.2) is 47.5 Å². The predicted octanol–water partition coefficient (Wildman–Crippen LogP) is 1.31. The van der Waals surface area contributed by atoms with Crippen LogP contribution in [0, 0.1) is 21.4 Å². The van der Waals surface area contributed by atoms with E-state index in [0.29, 0.717) is 5.56 Å². The zero-order valence-electron chi connectivity index (χ0n) is 12.8. The van der Waals surface area contributed by atoms with Gasteiger partial charge < -0.3 is 4.74 Å². The van der Waals surface area contributed by atoms with E-state index in [1.54, 1.807) is 0 Å². The SMILES string of the molecule is N#Cc1ccnc(OC2CN(S(=O)(=O)c3ccccc3[N+](=O)[O-])C2)c1. The van der Waals surface area contributed by atoms with Crippen molar-refractivity contribution >= 4 is 15.7 Å². The Kier molecular flexibility index (Phi) is 4.35. The maximum atomic E-state index is 12.5. The molecule has 1 fully saturated rings. The van der Waals surface area contributed by atoms with Crippen molar-refractivity contribution in [3.8, 4) is 11.9 Å². The molecule has 0 amide bonds. The Hall–Kier alpha value is -3.03. The molecule has 0 saturated carbocycles. The number of hydrogen-bond donors (Lipinski definition) is 0. The second kappa shape index (κ2) is 6.46. The molecule has 0 aliphatic carbocycles. The summed E-state index contributed by atoms with van der Waals surface area (Å²) in [5, 5.41) is 19.9. The molecule has 10 heteroatoms. The van der Waals surface area contributed by atoms with E-state index in [2.05, 4.69) is 4.98 Å². The number of hydrogen-bond acceptors (Lipinski definition) is 7. The molecule has 1 aromatic carbocycles. The first kappa shape index (κ1) is 16.8. The summed E-state index contributed by atoms with van der Waals surface area (Å²) in [5.74, 6) is 0.229. The van der Waals surface area contributed by atoms with Gasteiger partial charge in [-0.05, 0) is 12.1 Å². The summed E-state index contributed by atoms with van der Waals surface area (Å²) in [4.78, 5) is 13.9. The van der Waals surface area contributed by atoms with Gasteiger partial charge in [0.25, 0.3) is 5.69 Å². The number of nitrogens with zero attached hydrogens (tertiary/aromatic N) is 4. The summed E-state index contributed by atoms with van der Waals surface area (Å²) in [6.07, 6.45) is 0.993. The number of benzene rings is 1. The third-order valence-corrected chi connectivity index (χ3v) is 5.52. The predicted molar refractivity (Wildman–Crippen MR) is 85.2 cm³/mol. The molecule has 2 heterocycles. The van der Waals surface area contributed by atoms with E-state index in [9.17, 15) is 18.5 Å². The van der Waals surface area contributed by atoms with Crippen LogP contribution in [-0.2, 0) is 10.0 Å². The van der Waals surface area contributed by atoms with Crippen molar-refractivity contribution in [2.24, 2.45) is 0 Å². The first-order valence-electron chi connectivity index (χ1n) is 7.18. The van der Waals surface area contributed by atoms with E-state index >= 15 is 0 Å². The van der Waals surface area contributed by atoms with Gasteiger partial charge in [0, 0.05) is 18.3 Å². The fraction of sp³-hybridized carbons (Fsp3) is 0.200. The normalized spacial score (nSPS) is 15.2. The fourth-order valence-corrected chi connectivity index (χ4v) is 4.01. The van der Waals surface area contributed by atoms with Gasteiger partial charge in [-0.3, -0.25) is 10.1 Å². The second-order valence-electron chi connectivity index (χ2n) is 5.28. The number of nitriles is 1. The Morgan fingerprint density at radius 2 is 2.04 bits per heavy atom. The smallest absolute Gasteiger partial charge is 0.289 e. The molecule has 0 atom stereocenters. The van der Waals surface area contributed by atoms with Crippen molar-refractivity contribution in [2.45, 2.75) is 11.0 Å². The van der Waals surface area contributed by atoms with E-state index in [-0.39, 0.29) is 23.9 Å². The molecule has 0 unspecified atom stereocenters. The summed E-state index contributed by atoms with van der Waals surface area (Å²) >= 11 is 0. The number of para-hydroxylation sites is 1. The first-order chi connectivity index (χ1) is 11.9. The van der Waals surface area contributed by atoms with Crippen LogP contribution >= 0.6 is 0 Å². The van der Waals surface area contributed by atoms with Gasteiger partial charge in [-0.1, -0.05) is 12.1 Å². The van der Waals surface area contributed by atoms with Crippen LogP contribution in [0.25, 0.3) is 0 Å². The summed E-state index contributed by atoms with van der Waals surface area (Å²) in [7, 11) is -3.98. The highest BCUT2D eigenvalue weighted by molar-refractivity contribution is 7.89. The molecule has 1 saturated heterocycles. The largest absolute Gasteiger partial charge is 0.471 e. The molecule has 128 valence electrons. The number of sulfonamides is 1. The van der Waals surface area contributed by atoms with Crippen molar-refractivity contribution in [1.82, 2.24) is 9.29 Å². The van der Waals surface area contributed by atoms with Crippen LogP contribution in [0.1, 0.15) is 5.56 Å². The van der Waals surface area contributed by atoms with E-state index in [1.165, 1.54) is 36.5 Å². The highest BCUT2D eigenvalue weighted by atomic mass is 32.2. The lowest BCUT2D eigenvalue weighted by Crippen LogP contribution is -2.56. The molecule has 2 aromatic rings. The lowest BCUT2D eigenvalue weighted by molar-refractivity contribution is -0.387. The summed E-state index contributed by atoms with van der Waals surface area (Å²) in [5.41, 5.74) is -0.0797. The minimum absolute atomic E-state index is 0.0485. The molecule has 1 aliphatic rings. The average molecular weight is 360 g/mol. The third kappa shape index (κ3) is 3.28. The van der Waals surface area contributed by atoms with E-state index in [4.69, 9.17) is 10.00 Å². The van der Waals surface area contributed by atoms with Gasteiger partial charge in [-0.25, -0.2) is 13.4 Å². The minimum Gasteiger partial charge on any atom is -0.471 e. The summed E-state index contributed by atoms with van der Waals surface area (Å²) in [6.45, 7) is 0.0969. The van der Waals surface area contributed by atoms with Crippen molar-refractivity contribution < 1.29 is 18.1 Å². The number of nitro groups is 1. The van der Waals surface area contributed by atoms with Gasteiger partial charge in [0.15, 0.2) is 4.90 Å². The van der Waals surface area contributed by atoms with Crippen LogP contribution in [0.2, 0.25) is 0 Å². The fourth-order valence-electron chi connectivity index (χ4n) is 2.35. The number of aromatic nitrogens is 1. The maximum absolute atomic E-state index is 12.5. The molecule has 1 aliphatic heterocycles. The molecule has 3 rings (SSSR count). The van der Waals surface area contributed by atoms with Crippen molar-refractivity contribution in [2.75, 3.05) is 13.1 Å². The minimum atomic E-state index is -3.98. The lowest BCUT2D eigenvalue weighted by atomic mass is 10.2. The van der Waals surface area contributed by atoms with Crippen LogP contribution < -0.4 is 4.74 Å². The Morgan fingerprint density at radius 3 is 2.72 bits per heavy atom. The average Bonchev–Trinajstić information content (AvgIpc) is 2.57. The number of pyridine rings is 1. The third-order valence-electron chi connectivity index (χ3n) is 3.65. The zero-order valence-corrected chi connectivity index (χ0v) is 13.6. The van der Waals surface area contributed by atoms with Gasteiger partial charge >= 0.3 is 0 Å². The first-order valence-corrected chi connectivity index (χ1v) is 8.62. The standard InChI is InChI=1S/C15H12N4O5S/c16-8-11-5-6-17-15(7-11)24-12-9-18(10-12)25(22,23)14-4-2-1-3-13(14)19(20)21/h1-7,12H,9-10H2. The Bertz CT molecular complexity index is 964. The molecule has 0 N–H and O–H groups in total.